The van der Waals surface area contributed by atoms with Gasteiger partial charge >= 0.3 is 0 Å². The summed E-state index contributed by atoms with van der Waals surface area (Å²) in [5, 5.41) is 15.8. The van der Waals surface area contributed by atoms with Gasteiger partial charge in [-0.1, -0.05) is 36.4 Å². The van der Waals surface area contributed by atoms with E-state index in [0.29, 0.717) is 5.17 Å². The van der Waals surface area contributed by atoms with Crippen LogP contribution in [0.3, 0.4) is 0 Å². The molecule has 6 nitrogen and oxygen atoms in total. The molecule has 164 valence electrons. The Morgan fingerprint density at radius 1 is 0.970 bits per heavy atom. The molecule has 33 heavy (non-hydrogen) atoms. The molecule has 1 amide bonds. The maximum absolute atomic E-state index is 12.9. The minimum absolute atomic E-state index is 0.0413. The number of hydrazone groups is 1. The van der Waals surface area contributed by atoms with E-state index in [1.165, 1.54) is 27.9 Å². The van der Waals surface area contributed by atoms with Gasteiger partial charge < -0.3 is 4.57 Å². The molecule has 0 aliphatic carbocycles. The van der Waals surface area contributed by atoms with Gasteiger partial charge in [-0.2, -0.15) is 15.1 Å². The van der Waals surface area contributed by atoms with Gasteiger partial charge in [0.05, 0.1) is 5.57 Å². The number of benzene rings is 2. The topological polar surface area (TPSA) is 73.8 Å². The van der Waals surface area contributed by atoms with Crippen LogP contribution in [0.25, 0.3) is 11.8 Å². The monoisotopic (exact) mass is 453 g/mol. The predicted molar refractivity (Wildman–Crippen MR) is 135 cm³/mol. The zero-order chi connectivity index (χ0) is 23.3. The highest BCUT2D eigenvalue weighted by Crippen LogP contribution is 2.32. The predicted octanol–water partition coefficient (Wildman–Crippen LogP) is 5.38. The molecule has 0 fully saturated rings. The molecular weight excluding hydrogens is 430 g/mol. The first-order valence-electron chi connectivity index (χ1n) is 10.6. The fourth-order valence-electron chi connectivity index (χ4n) is 4.26. The molecule has 2 aliphatic heterocycles. The number of aryl methyl sites for hydroxylation is 3. The number of amides is 1. The number of nitrogens with one attached hydrogen (secondary N) is 1. The number of amidine groups is 2. The van der Waals surface area contributed by atoms with Gasteiger partial charge in [0.25, 0.3) is 5.91 Å². The van der Waals surface area contributed by atoms with E-state index in [1.807, 2.05) is 50.2 Å². The molecule has 7 heteroatoms. The van der Waals surface area contributed by atoms with Gasteiger partial charge in [-0.05, 0) is 80.4 Å². The van der Waals surface area contributed by atoms with Gasteiger partial charge in [-0.25, -0.2) is 0 Å². The zero-order valence-electron chi connectivity index (χ0n) is 18.9. The van der Waals surface area contributed by atoms with Crippen LogP contribution < -0.4 is 0 Å². The number of hydrogen-bond donors (Lipinski definition) is 1. The molecule has 0 bridgehead atoms. The number of fused-ring (bicyclic) bond motifs is 1. The first kappa shape index (κ1) is 21.2. The second-order valence-electron chi connectivity index (χ2n) is 8.30. The number of carbonyl (C=O) groups is 1. The Bertz CT molecular complexity index is 1390. The van der Waals surface area contributed by atoms with Crippen LogP contribution in [-0.4, -0.2) is 31.5 Å². The smallest absolute Gasteiger partial charge is 0.283 e. The molecule has 0 saturated carbocycles. The molecule has 1 N–H and O–H groups in total. The lowest BCUT2D eigenvalue weighted by atomic mass is 10.1. The lowest BCUT2D eigenvalue weighted by Gasteiger charge is -2.20. The minimum Gasteiger partial charge on any atom is -0.318 e. The summed E-state index contributed by atoms with van der Waals surface area (Å²) in [5.41, 5.74) is 7.60. The second kappa shape index (κ2) is 8.01. The van der Waals surface area contributed by atoms with Crippen LogP contribution in [0.5, 0.6) is 0 Å². The maximum Gasteiger partial charge on any atom is 0.283 e. The third-order valence-electron chi connectivity index (χ3n) is 5.71. The molecule has 2 aliphatic rings. The van der Waals surface area contributed by atoms with Crippen LogP contribution in [0.2, 0.25) is 0 Å². The molecule has 1 aromatic heterocycles. The Balaban J connectivity index is 1.53. The molecule has 3 aromatic rings. The summed E-state index contributed by atoms with van der Waals surface area (Å²) in [6.45, 7) is 8.25. The summed E-state index contributed by atoms with van der Waals surface area (Å²) in [4.78, 5) is 17.1. The fraction of sp³-hybridized carbons (Fsp3) is 0.154. The normalized spacial score (nSPS) is 16.8. The van der Waals surface area contributed by atoms with Gasteiger partial charge in [0.2, 0.25) is 5.17 Å². The standard InChI is InChI=1S/C26H23N5OS/c1-15-10-16(2)12-21(11-15)30-17(3)13-20(18(30)4)14-22-23(27)31-26(28-24(22)32)33-25(29-31)19-8-6-5-7-9-19/h5-14,27H,1-4H3/b22-14-,27-23?. The van der Waals surface area contributed by atoms with Crippen molar-refractivity contribution in [2.75, 3.05) is 0 Å². The Hall–Kier alpha value is -3.71. The Morgan fingerprint density at radius 2 is 1.67 bits per heavy atom. The summed E-state index contributed by atoms with van der Waals surface area (Å²) in [6.07, 6.45) is 1.76. The van der Waals surface area contributed by atoms with E-state index < -0.39 is 5.91 Å². The van der Waals surface area contributed by atoms with Crippen LogP contribution in [0.1, 0.15) is 33.6 Å². The molecule has 2 aromatic carbocycles. The van der Waals surface area contributed by atoms with E-state index in [9.17, 15) is 4.79 Å². The molecule has 5 rings (SSSR count). The molecule has 3 heterocycles. The third-order valence-corrected chi connectivity index (χ3v) is 6.67. The summed E-state index contributed by atoms with van der Waals surface area (Å²) >= 11 is 1.31. The Labute approximate surface area is 196 Å². The van der Waals surface area contributed by atoms with Gasteiger partial charge in [-0.3, -0.25) is 10.2 Å². The number of hydrogen-bond acceptors (Lipinski definition) is 4. The highest BCUT2D eigenvalue weighted by atomic mass is 32.2. The van der Waals surface area contributed by atoms with Crippen molar-refractivity contribution >= 4 is 39.8 Å². The summed E-state index contributed by atoms with van der Waals surface area (Å²) in [6, 6.07) is 18.2. The van der Waals surface area contributed by atoms with Crippen molar-refractivity contribution in [3.63, 3.8) is 0 Å². The summed E-state index contributed by atoms with van der Waals surface area (Å²) in [5.74, 6) is -0.376. The number of carbonyl (C=O) groups excluding carboxylic acids is 1. The Morgan fingerprint density at radius 3 is 2.36 bits per heavy atom. The largest absolute Gasteiger partial charge is 0.318 e. The summed E-state index contributed by atoms with van der Waals surface area (Å²) in [7, 11) is 0. The van der Waals surface area contributed by atoms with Crippen molar-refractivity contribution in [1.82, 2.24) is 9.58 Å². The second-order valence-corrected chi connectivity index (χ2v) is 9.25. The van der Waals surface area contributed by atoms with Crippen molar-refractivity contribution < 1.29 is 4.79 Å². The van der Waals surface area contributed by atoms with E-state index in [0.717, 1.165) is 33.2 Å². The molecule has 0 saturated heterocycles. The summed E-state index contributed by atoms with van der Waals surface area (Å²) < 4.78 is 2.18. The molecule has 0 unspecified atom stereocenters. The number of aliphatic imine (C=N–C) groups is 1. The average Bonchev–Trinajstić information content (AvgIpc) is 3.31. The highest BCUT2D eigenvalue weighted by Gasteiger charge is 2.36. The quantitative estimate of drug-likeness (QED) is 0.541. The SMILES string of the molecule is Cc1cc(C)cc(-n2c(C)cc(/C=C3/C(=N)N4N=C(c5ccccc5)SC4=NC3=O)c2C)c1. The first-order chi connectivity index (χ1) is 15.8. The maximum atomic E-state index is 12.9. The van der Waals surface area contributed by atoms with E-state index >= 15 is 0 Å². The lowest BCUT2D eigenvalue weighted by Crippen LogP contribution is -2.35. The first-order valence-corrected chi connectivity index (χ1v) is 11.5. The van der Waals surface area contributed by atoms with Crippen LogP contribution >= 0.6 is 11.8 Å². The fourth-order valence-corrected chi connectivity index (χ4v) is 5.15. The van der Waals surface area contributed by atoms with E-state index in [1.54, 1.807) is 6.08 Å². The van der Waals surface area contributed by atoms with Gasteiger partial charge in [0, 0.05) is 22.6 Å². The van der Waals surface area contributed by atoms with Crippen LogP contribution in [0, 0.1) is 33.1 Å². The van der Waals surface area contributed by atoms with E-state index in [4.69, 9.17) is 5.41 Å². The number of nitrogens with zero attached hydrogens (tertiary/aromatic N) is 4. The average molecular weight is 454 g/mol. The lowest BCUT2D eigenvalue weighted by molar-refractivity contribution is -0.114. The van der Waals surface area contributed by atoms with Crippen molar-refractivity contribution in [3.05, 3.63) is 93.8 Å². The van der Waals surface area contributed by atoms with Crippen molar-refractivity contribution in [2.45, 2.75) is 27.7 Å². The van der Waals surface area contributed by atoms with Gasteiger partial charge in [0.1, 0.15) is 5.04 Å². The Kier molecular flexibility index (Phi) is 5.13. The van der Waals surface area contributed by atoms with Gasteiger partial charge in [0.15, 0.2) is 5.84 Å². The van der Waals surface area contributed by atoms with Crippen molar-refractivity contribution in [3.8, 4) is 5.69 Å². The zero-order valence-corrected chi connectivity index (χ0v) is 19.7. The van der Waals surface area contributed by atoms with E-state index in [2.05, 4.69) is 46.7 Å². The molecule has 0 atom stereocenters. The minimum atomic E-state index is -0.417. The number of rotatable bonds is 3. The molecular formula is C26H23N5OS. The number of thioether (sulfide) groups is 1. The molecule has 0 radical (unpaired) electrons. The van der Waals surface area contributed by atoms with Crippen LogP contribution in [0.15, 0.2) is 70.3 Å². The van der Waals surface area contributed by atoms with Crippen LogP contribution in [0.4, 0.5) is 0 Å². The van der Waals surface area contributed by atoms with Crippen molar-refractivity contribution in [2.24, 2.45) is 10.1 Å². The van der Waals surface area contributed by atoms with E-state index in [-0.39, 0.29) is 11.4 Å². The highest BCUT2D eigenvalue weighted by molar-refractivity contribution is 8.27. The molecule has 0 spiro atoms. The van der Waals surface area contributed by atoms with Crippen molar-refractivity contribution in [1.29, 1.82) is 5.41 Å². The van der Waals surface area contributed by atoms with Crippen LogP contribution in [-0.2, 0) is 4.79 Å². The number of aromatic nitrogens is 1. The third kappa shape index (κ3) is 3.74. The van der Waals surface area contributed by atoms with Gasteiger partial charge in [-0.15, -0.1) is 0 Å².